The van der Waals surface area contributed by atoms with E-state index in [1.54, 1.807) is 12.3 Å². The van der Waals surface area contributed by atoms with Crippen LogP contribution in [0.2, 0.25) is 0 Å². The number of carbonyl (C=O) groups excluding carboxylic acids is 1. The van der Waals surface area contributed by atoms with Crippen molar-refractivity contribution < 1.29 is 4.79 Å². The van der Waals surface area contributed by atoms with Gasteiger partial charge in [0.25, 0.3) is 5.91 Å². The standard InChI is InChI=1S/C18H24N4O/c1-12(2)14-8-6-13(7-9-14)11-19-22-17(23)15-10-16(21-20-15)18(3,4)5/h6-12H,1-5H3,(H,20,21)(H,22,23)/b19-11+. The van der Waals surface area contributed by atoms with Gasteiger partial charge >= 0.3 is 0 Å². The van der Waals surface area contributed by atoms with Crippen LogP contribution >= 0.6 is 0 Å². The molecule has 0 aliphatic carbocycles. The molecular weight excluding hydrogens is 288 g/mol. The average Bonchev–Trinajstić information content (AvgIpc) is 2.97. The number of nitrogens with zero attached hydrogens (tertiary/aromatic N) is 2. The van der Waals surface area contributed by atoms with Crippen LogP contribution < -0.4 is 5.43 Å². The summed E-state index contributed by atoms with van der Waals surface area (Å²) in [6.07, 6.45) is 1.62. The lowest BCUT2D eigenvalue weighted by Crippen LogP contribution is -2.18. The van der Waals surface area contributed by atoms with E-state index in [2.05, 4.69) is 67.5 Å². The first-order valence-electron chi connectivity index (χ1n) is 7.76. The van der Waals surface area contributed by atoms with Gasteiger partial charge in [-0.1, -0.05) is 58.9 Å². The molecule has 0 aliphatic rings. The number of H-pyrrole nitrogens is 1. The molecule has 0 fully saturated rings. The Morgan fingerprint density at radius 2 is 1.91 bits per heavy atom. The molecular formula is C18H24N4O. The topological polar surface area (TPSA) is 70.1 Å². The molecule has 0 aliphatic heterocycles. The highest BCUT2D eigenvalue weighted by atomic mass is 16.2. The maximum Gasteiger partial charge on any atom is 0.291 e. The predicted molar refractivity (Wildman–Crippen MR) is 92.9 cm³/mol. The molecule has 2 aromatic rings. The first-order chi connectivity index (χ1) is 10.8. The molecule has 0 bridgehead atoms. The lowest BCUT2D eigenvalue weighted by molar-refractivity contribution is 0.0950. The van der Waals surface area contributed by atoms with Gasteiger partial charge in [0.05, 0.1) is 6.21 Å². The minimum absolute atomic E-state index is 0.0764. The van der Waals surface area contributed by atoms with Crippen molar-refractivity contribution >= 4 is 12.1 Å². The Balaban J connectivity index is 1.97. The molecule has 23 heavy (non-hydrogen) atoms. The molecule has 0 atom stereocenters. The average molecular weight is 312 g/mol. The second kappa shape index (κ2) is 6.77. The monoisotopic (exact) mass is 312 g/mol. The van der Waals surface area contributed by atoms with E-state index < -0.39 is 0 Å². The molecule has 0 saturated heterocycles. The summed E-state index contributed by atoms with van der Waals surface area (Å²) in [5.41, 5.74) is 5.88. The first-order valence-corrected chi connectivity index (χ1v) is 7.76. The molecule has 1 aromatic heterocycles. The lowest BCUT2D eigenvalue weighted by atomic mass is 9.92. The van der Waals surface area contributed by atoms with Crippen molar-refractivity contribution in [3.05, 3.63) is 52.8 Å². The molecule has 0 radical (unpaired) electrons. The van der Waals surface area contributed by atoms with Gasteiger partial charge in [0.15, 0.2) is 5.69 Å². The number of hydrogen-bond acceptors (Lipinski definition) is 3. The molecule has 0 unspecified atom stereocenters. The van der Waals surface area contributed by atoms with Crippen LogP contribution in [0.1, 0.15) is 67.8 Å². The minimum atomic E-state index is -0.327. The number of benzene rings is 1. The van der Waals surface area contributed by atoms with Crippen molar-refractivity contribution in [2.75, 3.05) is 0 Å². The van der Waals surface area contributed by atoms with Crippen LogP contribution in [0.5, 0.6) is 0 Å². The van der Waals surface area contributed by atoms with Gasteiger partial charge in [0.2, 0.25) is 0 Å². The Morgan fingerprint density at radius 3 is 2.43 bits per heavy atom. The number of hydrazone groups is 1. The maximum atomic E-state index is 12.0. The maximum absolute atomic E-state index is 12.0. The second-order valence-electron chi connectivity index (χ2n) is 6.94. The summed E-state index contributed by atoms with van der Waals surface area (Å²) in [7, 11) is 0. The Labute approximate surface area is 137 Å². The summed E-state index contributed by atoms with van der Waals surface area (Å²) in [5.74, 6) is 0.171. The molecule has 2 N–H and O–H groups in total. The summed E-state index contributed by atoms with van der Waals surface area (Å²) in [4.78, 5) is 12.0. The Bertz CT molecular complexity index is 691. The van der Waals surface area contributed by atoms with Gasteiger partial charge in [0, 0.05) is 11.1 Å². The third-order valence-corrected chi connectivity index (χ3v) is 3.60. The fourth-order valence-corrected chi connectivity index (χ4v) is 2.01. The van der Waals surface area contributed by atoms with Gasteiger partial charge < -0.3 is 0 Å². The van der Waals surface area contributed by atoms with Crippen molar-refractivity contribution in [2.45, 2.75) is 46.0 Å². The van der Waals surface area contributed by atoms with E-state index >= 15 is 0 Å². The van der Waals surface area contributed by atoms with E-state index in [1.807, 2.05) is 12.1 Å². The molecule has 1 heterocycles. The fourth-order valence-electron chi connectivity index (χ4n) is 2.01. The zero-order chi connectivity index (χ0) is 17.0. The van der Waals surface area contributed by atoms with Crippen LogP contribution in [0.15, 0.2) is 35.4 Å². The van der Waals surface area contributed by atoms with E-state index in [-0.39, 0.29) is 11.3 Å². The van der Waals surface area contributed by atoms with E-state index in [9.17, 15) is 4.79 Å². The highest BCUT2D eigenvalue weighted by Gasteiger charge is 2.19. The molecule has 0 spiro atoms. The van der Waals surface area contributed by atoms with Gasteiger partial charge in [0.1, 0.15) is 0 Å². The smallest absolute Gasteiger partial charge is 0.281 e. The SMILES string of the molecule is CC(C)c1ccc(/C=N/NC(=O)c2cc(C(C)(C)C)[nH]n2)cc1. The van der Waals surface area contributed by atoms with Crippen LogP contribution in [-0.2, 0) is 5.41 Å². The van der Waals surface area contributed by atoms with Crippen molar-refractivity contribution in [1.82, 2.24) is 15.6 Å². The van der Waals surface area contributed by atoms with Gasteiger partial charge in [-0.2, -0.15) is 10.2 Å². The molecule has 1 aromatic carbocycles. The summed E-state index contributed by atoms with van der Waals surface area (Å²) < 4.78 is 0. The third-order valence-electron chi connectivity index (χ3n) is 3.60. The summed E-state index contributed by atoms with van der Waals surface area (Å²) in [6.45, 7) is 10.5. The van der Waals surface area contributed by atoms with Gasteiger partial charge in [-0.3, -0.25) is 9.89 Å². The minimum Gasteiger partial charge on any atom is -0.281 e. The van der Waals surface area contributed by atoms with Crippen molar-refractivity contribution in [1.29, 1.82) is 0 Å². The second-order valence-corrected chi connectivity index (χ2v) is 6.94. The molecule has 5 nitrogen and oxygen atoms in total. The Morgan fingerprint density at radius 1 is 1.26 bits per heavy atom. The van der Waals surface area contributed by atoms with E-state index in [1.165, 1.54) is 5.56 Å². The highest BCUT2D eigenvalue weighted by molar-refractivity contribution is 5.93. The molecule has 2 rings (SSSR count). The van der Waals surface area contributed by atoms with Gasteiger partial charge in [-0.15, -0.1) is 0 Å². The van der Waals surface area contributed by atoms with Gasteiger partial charge in [-0.05, 0) is 23.1 Å². The Kier molecular flexibility index (Phi) is 4.98. The van der Waals surface area contributed by atoms with Crippen molar-refractivity contribution in [3.63, 3.8) is 0 Å². The zero-order valence-corrected chi connectivity index (χ0v) is 14.3. The number of rotatable bonds is 4. The van der Waals surface area contributed by atoms with Gasteiger partial charge in [-0.25, -0.2) is 5.43 Å². The van der Waals surface area contributed by atoms with E-state index in [4.69, 9.17) is 0 Å². The number of carbonyl (C=O) groups is 1. The number of amides is 1. The zero-order valence-electron chi connectivity index (χ0n) is 14.3. The van der Waals surface area contributed by atoms with E-state index in [0.29, 0.717) is 11.6 Å². The molecule has 5 heteroatoms. The third kappa shape index (κ3) is 4.52. The molecule has 1 amide bonds. The number of hydrogen-bond donors (Lipinski definition) is 2. The lowest BCUT2D eigenvalue weighted by Gasteiger charge is -2.14. The summed E-state index contributed by atoms with van der Waals surface area (Å²) >= 11 is 0. The normalized spacial score (nSPS) is 12.1. The van der Waals surface area contributed by atoms with Crippen molar-refractivity contribution in [2.24, 2.45) is 5.10 Å². The van der Waals surface area contributed by atoms with E-state index in [0.717, 1.165) is 11.3 Å². The Hall–Kier alpha value is -2.43. The van der Waals surface area contributed by atoms with Crippen LogP contribution in [0.4, 0.5) is 0 Å². The molecule has 122 valence electrons. The van der Waals surface area contributed by atoms with Crippen LogP contribution in [0.3, 0.4) is 0 Å². The quantitative estimate of drug-likeness (QED) is 0.669. The largest absolute Gasteiger partial charge is 0.291 e. The fraction of sp³-hybridized carbons (Fsp3) is 0.389. The molecule has 0 saturated carbocycles. The summed E-state index contributed by atoms with van der Waals surface area (Å²) in [5, 5.41) is 10.9. The highest BCUT2D eigenvalue weighted by Crippen LogP contribution is 2.20. The number of nitrogens with one attached hydrogen (secondary N) is 2. The number of aromatic amines is 1. The predicted octanol–water partition coefficient (Wildman–Crippen LogP) is 3.59. The van der Waals surface area contributed by atoms with Crippen LogP contribution in [0.25, 0.3) is 0 Å². The first kappa shape index (κ1) is 16.9. The summed E-state index contributed by atoms with van der Waals surface area (Å²) in [6, 6.07) is 9.85. The number of aromatic nitrogens is 2. The van der Waals surface area contributed by atoms with Crippen molar-refractivity contribution in [3.8, 4) is 0 Å². The van der Waals surface area contributed by atoms with Crippen LogP contribution in [-0.4, -0.2) is 22.3 Å². The van der Waals surface area contributed by atoms with Crippen LogP contribution in [0, 0.1) is 0 Å².